The summed E-state index contributed by atoms with van der Waals surface area (Å²) in [5.74, 6) is 0.943. The fourth-order valence-electron chi connectivity index (χ4n) is 3.64. The number of nitrogens with zero attached hydrogens (tertiary/aromatic N) is 3. The van der Waals surface area contributed by atoms with Gasteiger partial charge in [-0.1, -0.05) is 12.1 Å². The third kappa shape index (κ3) is 2.39. The van der Waals surface area contributed by atoms with E-state index in [4.69, 9.17) is 4.74 Å². The van der Waals surface area contributed by atoms with Gasteiger partial charge in [0.15, 0.2) is 0 Å². The fraction of sp³-hybridized carbons (Fsp3) is 0.611. The second-order valence-corrected chi connectivity index (χ2v) is 6.60. The van der Waals surface area contributed by atoms with Gasteiger partial charge in [0.2, 0.25) is 0 Å². The Hall–Kier alpha value is -1.57. The lowest BCUT2D eigenvalue weighted by molar-refractivity contribution is 0.0666. The van der Waals surface area contributed by atoms with E-state index in [0.717, 1.165) is 50.3 Å². The van der Waals surface area contributed by atoms with Crippen molar-refractivity contribution < 1.29 is 4.74 Å². The molecule has 0 N–H and O–H groups in total. The molecule has 0 bridgehead atoms. The van der Waals surface area contributed by atoms with Crippen LogP contribution in [-0.4, -0.2) is 49.6 Å². The molecule has 0 spiro atoms. The van der Waals surface area contributed by atoms with Gasteiger partial charge in [0, 0.05) is 31.7 Å². The first-order valence-electron chi connectivity index (χ1n) is 8.17. The van der Waals surface area contributed by atoms with Gasteiger partial charge in [0.05, 0.1) is 12.7 Å². The molecule has 1 aromatic carbocycles. The van der Waals surface area contributed by atoms with E-state index in [1.165, 1.54) is 11.1 Å². The molecule has 2 heterocycles. The zero-order valence-electron chi connectivity index (χ0n) is 13.9. The van der Waals surface area contributed by atoms with Gasteiger partial charge < -0.3 is 9.64 Å². The number of hydrogen-bond donors (Lipinski definition) is 0. The zero-order chi connectivity index (χ0) is 15.7. The van der Waals surface area contributed by atoms with E-state index in [-0.39, 0.29) is 0 Å². The molecule has 0 amide bonds. The fourth-order valence-corrected chi connectivity index (χ4v) is 3.64. The Morgan fingerprint density at radius 1 is 1.18 bits per heavy atom. The van der Waals surface area contributed by atoms with Crippen LogP contribution in [-0.2, 0) is 5.54 Å². The first kappa shape index (κ1) is 15.3. The second kappa shape index (κ2) is 5.91. The smallest absolute Gasteiger partial charge is 0.138 e. The van der Waals surface area contributed by atoms with Crippen molar-refractivity contribution in [3.05, 3.63) is 28.8 Å². The van der Waals surface area contributed by atoms with Crippen LogP contribution in [0, 0.1) is 25.2 Å². The highest BCUT2D eigenvalue weighted by molar-refractivity contribution is 5.51. The minimum Gasteiger partial charge on any atom is -0.493 e. The maximum Gasteiger partial charge on any atom is 0.138 e. The van der Waals surface area contributed by atoms with Crippen molar-refractivity contribution in [2.24, 2.45) is 0 Å². The topological polar surface area (TPSA) is 39.5 Å². The summed E-state index contributed by atoms with van der Waals surface area (Å²) in [4.78, 5) is 4.70. The molecule has 1 unspecified atom stereocenters. The Morgan fingerprint density at radius 2 is 1.91 bits per heavy atom. The maximum absolute atomic E-state index is 10.1. The van der Waals surface area contributed by atoms with Crippen LogP contribution >= 0.6 is 0 Å². The average molecular weight is 299 g/mol. The van der Waals surface area contributed by atoms with Crippen LogP contribution in [0.3, 0.4) is 0 Å². The van der Waals surface area contributed by atoms with E-state index in [2.05, 4.69) is 48.9 Å². The Kier molecular flexibility index (Phi) is 4.12. The van der Waals surface area contributed by atoms with Crippen molar-refractivity contribution in [3.63, 3.8) is 0 Å². The number of aryl methyl sites for hydroxylation is 1. The molecule has 0 aliphatic carbocycles. The first-order chi connectivity index (χ1) is 10.6. The van der Waals surface area contributed by atoms with Gasteiger partial charge in [0.25, 0.3) is 0 Å². The molecule has 0 aromatic heterocycles. The minimum absolute atomic E-state index is 0.536. The SMILES string of the molecule is Cc1ccc2c(c1C)OCCCC2(C#N)N1CCN(C)CC1. The number of hydrogen-bond acceptors (Lipinski definition) is 4. The molecule has 22 heavy (non-hydrogen) atoms. The molecule has 0 radical (unpaired) electrons. The standard InChI is InChI=1S/C18H25N3O/c1-14-5-6-16-17(15(14)2)22-12-4-7-18(16,13-19)21-10-8-20(3)9-11-21/h5-6H,4,7-12H2,1-3H3. The van der Waals surface area contributed by atoms with Crippen LogP contribution in [0.4, 0.5) is 0 Å². The summed E-state index contributed by atoms with van der Waals surface area (Å²) in [5.41, 5.74) is 2.94. The van der Waals surface area contributed by atoms with Gasteiger partial charge in [-0.3, -0.25) is 4.90 Å². The molecular weight excluding hydrogens is 274 g/mol. The van der Waals surface area contributed by atoms with Gasteiger partial charge in [-0.05, 0) is 44.9 Å². The lowest BCUT2D eigenvalue weighted by Crippen LogP contribution is -2.54. The molecule has 0 saturated carbocycles. The van der Waals surface area contributed by atoms with Gasteiger partial charge in [0.1, 0.15) is 11.3 Å². The van der Waals surface area contributed by atoms with Gasteiger partial charge in [-0.25, -0.2) is 0 Å². The van der Waals surface area contributed by atoms with Gasteiger partial charge in [-0.15, -0.1) is 0 Å². The molecule has 3 rings (SSSR count). The average Bonchev–Trinajstić information content (AvgIpc) is 2.72. The van der Waals surface area contributed by atoms with Crippen molar-refractivity contribution in [3.8, 4) is 11.8 Å². The summed E-state index contributed by atoms with van der Waals surface area (Å²) < 4.78 is 6.04. The molecule has 1 aromatic rings. The number of rotatable bonds is 1. The predicted octanol–water partition coefficient (Wildman–Crippen LogP) is 2.44. The van der Waals surface area contributed by atoms with Crippen molar-refractivity contribution in [2.45, 2.75) is 32.2 Å². The highest BCUT2D eigenvalue weighted by Gasteiger charge is 2.43. The monoisotopic (exact) mass is 299 g/mol. The Bertz CT molecular complexity index is 599. The van der Waals surface area contributed by atoms with Crippen molar-refractivity contribution in [1.29, 1.82) is 5.26 Å². The molecule has 2 aliphatic heterocycles. The van der Waals surface area contributed by atoms with E-state index >= 15 is 0 Å². The minimum atomic E-state index is -0.536. The quantitative estimate of drug-likeness (QED) is 0.798. The Balaban J connectivity index is 2.09. The molecule has 1 fully saturated rings. The van der Waals surface area contributed by atoms with E-state index in [1.54, 1.807) is 0 Å². The zero-order valence-corrected chi connectivity index (χ0v) is 13.9. The van der Waals surface area contributed by atoms with Crippen molar-refractivity contribution >= 4 is 0 Å². The van der Waals surface area contributed by atoms with Gasteiger partial charge in [-0.2, -0.15) is 5.26 Å². The summed E-state index contributed by atoms with van der Waals surface area (Å²) in [5, 5.41) is 10.1. The number of likely N-dealkylation sites (N-methyl/N-ethyl adjacent to an activating group) is 1. The van der Waals surface area contributed by atoms with E-state index in [9.17, 15) is 5.26 Å². The highest BCUT2D eigenvalue weighted by Crippen LogP contribution is 2.43. The van der Waals surface area contributed by atoms with Gasteiger partial charge >= 0.3 is 0 Å². The molecule has 1 saturated heterocycles. The molecule has 4 heteroatoms. The number of fused-ring (bicyclic) bond motifs is 1. The van der Waals surface area contributed by atoms with E-state index in [1.807, 2.05) is 0 Å². The second-order valence-electron chi connectivity index (χ2n) is 6.60. The molecule has 118 valence electrons. The predicted molar refractivity (Wildman–Crippen MR) is 87.0 cm³/mol. The molecule has 4 nitrogen and oxygen atoms in total. The lowest BCUT2D eigenvalue weighted by Gasteiger charge is -2.43. The summed E-state index contributed by atoms with van der Waals surface area (Å²) in [6.45, 7) is 8.83. The van der Waals surface area contributed by atoms with Crippen molar-refractivity contribution in [1.82, 2.24) is 9.80 Å². The largest absolute Gasteiger partial charge is 0.493 e. The van der Waals surface area contributed by atoms with Crippen molar-refractivity contribution in [2.75, 3.05) is 39.8 Å². The summed E-state index contributed by atoms with van der Waals surface area (Å²) >= 11 is 0. The normalized spacial score (nSPS) is 26.6. The Labute approximate surface area is 133 Å². The van der Waals surface area contributed by atoms with Crippen LogP contribution in [0.5, 0.6) is 5.75 Å². The van der Waals surface area contributed by atoms with Crippen LogP contribution in [0.2, 0.25) is 0 Å². The lowest BCUT2D eigenvalue weighted by atomic mass is 9.83. The third-order valence-electron chi connectivity index (χ3n) is 5.28. The number of nitriles is 1. The third-order valence-corrected chi connectivity index (χ3v) is 5.28. The van der Waals surface area contributed by atoms with Crippen LogP contribution < -0.4 is 4.74 Å². The first-order valence-corrected chi connectivity index (χ1v) is 8.17. The highest BCUT2D eigenvalue weighted by atomic mass is 16.5. The number of ether oxygens (including phenoxy) is 1. The van der Waals surface area contributed by atoms with Crippen LogP contribution in [0.25, 0.3) is 0 Å². The molecule has 1 atom stereocenters. The number of piperazine rings is 1. The van der Waals surface area contributed by atoms with E-state index in [0.29, 0.717) is 6.61 Å². The Morgan fingerprint density at radius 3 is 2.59 bits per heavy atom. The number of benzene rings is 1. The molecule has 2 aliphatic rings. The van der Waals surface area contributed by atoms with Crippen LogP contribution in [0.1, 0.15) is 29.5 Å². The summed E-state index contributed by atoms with van der Waals surface area (Å²) in [6, 6.07) is 6.92. The summed E-state index contributed by atoms with van der Waals surface area (Å²) in [6.07, 6.45) is 1.77. The summed E-state index contributed by atoms with van der Waals surface area (Å²) in [7, 11) is 2.15. The molecular formula is C18H25N3O. The van der Waals surface area contributed by atoms with Crippen LogP contribution in [0.15, 0.2) is 12.1 Å². The maximum atomic E-state index is 10.1. The van der Waals surface area contributed by atoms with E-state index < -0.39 is 5.54 Å².